The Kier molecular flexibility index (Phi) is 6.73. The maximum absolute atomic E-state index is 13.0. The Morgan fingerprint density at radius 1 is 1.16 bits per heavy atom. The first-order chi connectivity index (χ1) is 15.0. The molecule has 0 fully saturated rings. The highest BCUT2D eigenvalue weighted by molar-refractivity contribution is 6.31. The smallest absolute Gasteiger partial charge is 0.417 e. The van der Waals surface area contributed by atoms with Crippen LogP contribution in [0.4, 0.5) is 18.9 Å². The molecule has 0 aliphatic rings. The number of hydrogen-bond acceptors (Lipinski definition) is 4. The highest BCUT2D eigenvalue weighted by Crippen LogP contribution is 2.36. The van der Waals surface area contributed by atoms with Crippen molar-refractivity contribution in [2.24, 2.45) is 0 Å². The quantitative estimate of drug-likeness (QED) is 0.596. The van der Waals surface area contributed by atoms with Gasteiger partial charge in [0.1, 0.15) is 5.76 Å². The average molecular weight is 468 g/mol. The molecule has 0 aliphatic heterocycles. The van der Waals surface area contributed by atoms with E-state index in [0.29, 0.717) is 11.8 Å². The monoisotopic (exact) mass is 467 g/mol. The lowest BCUT2D eigenvalue weighted by Gasteiger charge is -2.16. The number of amides is 2. The lowest BCUT2D eigenvalue weighted by Crippen LogP contribution is -2.34. The van der Waals surface area contributed by atoms with Crippen molar-refractivity contribution in [3.8, 4) is 0 Å². The van der Waals surface area contributed by atoms with Crippen molar-refractivity contribution in [2.75, 3.05) is 18.9 Å². The average Bonchev–Trinajstić information content (AvgIpc) is 3.18. The summed E-state index contributed by atoms with van der Waals surface area (Å²) in [6.45, 7) is -0.313. The van der Waals surface area contributed by atoms with E-state index in [1.54, 1.807) is 18.3 Å². The summed E-state index contributed by atoms with van der Waals surface area (Å²) in [6, 6.07) is 10.6. The molecule has 7 nitrogen and oxygen atoms in total. The van der Waals surface area contributed by atoms with E-state index in [2.05, 4.69) is 5.32 Å². The third-order valence-corrected chi connectivity index (χ3v) is 4.71. The molecule has 0 spiro atoms. The van der Waals surface area contributed by atoms with Crippen LogP contribution in [0.1, 0.15) is 21.9 Å². The van der Waals surface area contributed by atoms with E-state index in [9.17, 15) is 27.6 Å². The first kappa shape index (κ1) is 23.1. The molecule has 0 unspecified atom stereocenters. The summed E-state index contributed by atoms with van der Waals surface area (Å²) in [7, 11) is 1.34. The van der Waals surface area contributed by atoms with Gasteiger partial charge in [-0.05, 0) is 36.4 Å². The Labute approximate surface area is 185 Å². The molecular formula is C21H17ClF3N3O4. The third kappa shape index (κ3) is 5.58. The fourth-order valence-corrected chi connectivity index (χ4v) is 3.06. The van der Waals surface area contributed by atoms with E-state index in [1.807, 2.05) is 0 Å². The molecule has 0 saturated heterocycles. The number of nitrogens with one attached hydrogen (secondary N) is 1. The zero-order chi connectivity index (χ0) is 23.5. The van der Waals surface area contributed by atoms with Gasteiger partial charge in [0.15, 0.2) is 5.76 Å². The Morgan fingerprint density at radius 2 is 1.91 bits per heavy atom. The number of pyridine rings is 1. The predicted molar refractivity (Wildman–Crippen MR) is 111 cm³/mol. The largest absolute Gasteiger partial charge is 0.454 e. The molecule has 1 aromatic carbocycles. The van der Waals surface area contributed by atoms with Crippen LogP contribution >= 0.6 is 11.6 Å². The lowest BCUT2D eigenvalue weighted by molar-refractivity contribution is -0.137. The molecular weight excluding hydrogens is 451 g/mol. The number of carbonyl (C=O) groups is 2. The van der Waals surface area contributed by atoms with E-state index in [-0.39, 0.29) is 23.6 Å². The number of hydrogen-bond donors (Lipinski definition) is 1. The highest BCUT2D eigenvalue weighted by atomic mass is 35.5. The van der Waals surface area contributed by atoms with Gasteiger partial charge in [-0.2, -0.15) is 13.2 Å². The number of likely N-dealkylation sites (N-methyl/N-ethyl adjacent to an activating group) is 1. The molecule has 0 atom stereocenters. The van der Waals surface area contributed by atoms with Gasteiger partial charge < -0.3 is 19.2 Å². The molecule has 2 aromatic heterocycles. The minimum absolute atomic E-state index is 0.0508. The van der Waals surface area contributed by atoms with Gasteiger partial charge in [-0.1, -0.05) is 17.7 Å². The molecule has 1 N–H and O–H groups in total. The van der Waals surface area contributed by atoms with E-state index in [4.69, 9.17) is 16.0 Å². The summed E-state index contributed by atoms with van der Waals surface area (Å²) in [5, 5.41) is 1.81. The van der Waals surface area contributed by atoms with Crippen molar-refractivity contribution >= 4 is 29.1 Å². The maximum Gasteiger partial charge on any atom is 0.417 e. The number of halogens is 4. The molecule has 0 aliphatic carbocycles. The van der Waals surface area contributed by atoms with Crippen LogP contribution in [0.5, 0.6) is 0 Å². The van der Waals surface area contributed by atoms with Crippen molar-refractivity contribution in [1.82, 2.24) is 9.47 Å². The van der Waals surface area contributed by atoms with Crippen molar-refractivity contribution in [3.05, 3.63) is 87.2 Å². The molecule has 3 aromatic rings. The van der Waals surface area contributed by atoms with Crippen LogP contribution in [0, 0.1) is 0 Å². The van der Waals surface area contributed by atoms with Crippen molar-refractivity contribution < 1.29 is 27.2 Å². The molecule has 168 valence electrons. The van der Waals surface area contributed by atoms with Crippen molar-refractivity contribution in [3.63, 3.8) is 0 Å². The summed E-state index contributed by atoms with van der Waals surface area (Å²) in [5.41, 5.74) is -1.43. The number of alkyl halides is 3. The molecule has 0 saturated carbocycles. The summed E-state index contributed by atoms with van der Waals surface area (Å²) < 4.78 is 45.7. The maximum atomic E-state index is 13.0. The number of aromatic nitrogens is 1. The summed E-state index contributed by atoms with van der Waals surface area (Å²) in [6.07, 6.45) is -3.10. The van der Waals surface area contributed by atoms with Gasteiger partial charge in [0, 0.05) is 25.0 Å². The molecule has 0 bridgehead atoms. The van der Waals surface area contributed by atoms with Crippen molar-refractivity contribution in [1.29, 1.82) is 0 Å². The lowest BCUT2D eigenvalue weighted by atomic mass is 10.2. The van der Waals surface area contributed by atoms with Crippen LogP contribution in [0.25, 0.3) is 0 Å². The standard InChI is InChI=1S/C21H17ClF3N3O4/c1-27(12-18(29)26-13-5-7-16(22)15(10-13)21(23,24)25)20(31)17-8-6-14(32-17)11-28-9-3-2-4-19(28)30/h2-10H,11-12H2,1H3,(H,26,29). The number of anilines is 1. The van der Waals surface area contributed by atoms with Gasteiger partial charge in [0.2, 0.25) is 5.91 Å². The van der Waals surface area contributed by atoms with Gasteiger partial charge in [0.25, 0.3) is 11.5 Å². The topological polar surface area (TPSA) is 84.5 Å². The fraction of sp³-hybridized carbons (Fsp3) is 0.190. The molecule has 2 heterocycles. The summed E-state index contributed by atoms with van der Waals surface area (Å²) in [4.78, 5) is 37.5. The second-order valence-corrected chi connectivity index (χ2v) is 7.24. The first-order valence-corrected chi connectivity index (χ1v) is 9.58. The Balaban J connectivity index is 1.62. The highest BCUT2D eigenvalue weighted by Gasteiger charge is 2.33. The number of furan rings is 1. The minimum atomic E-state index is -4.67. The minimum Gasteiger partial charge on any atom is -0.454 e. The fourth-order valence-electron chi connectivity index (χ4n) is 2.83. The van der Waals surface area contributed by atoms with Gasteiger partial charge in [-0.15, -0.1) is 0 Å². The van der Waals surface area contributed by atoms with Crippen LogP contribution in [-0.4, -0.2) is 34.9 Å². The summed E-state index contributed by atoms with van der Waals surface area (Å²) >= 11 is 5.56. The van der Waals surface area contributed by atoms with Gasteiger partial charge in [0.05, 0.1) is 23.7 Å². The molecule has 32 heavy (non-hydrogen) atoms. The zero-order valence-electron chi connectivity index (χ0n) is 16.6. The van der Waals surface area contributed by atoms with E-state index >= 15 is 0 Å². The van der Waals surface area contributed by atoms with E-state index < -0.39 is 35.1 Å². The third-order valence-electron chi connectivity index (χ3n) is 4.38. The number of carbonyl (C=O) groups excluding carboxylic acids is 2. The van der Waals surface area contributed by atoms with Crippen LogP contribution in [0.3, 0.4) is 0 Å². The normalized spacial score (nSPS) is 11.3. The second-order valence-electron chi connectivity index (χ2n) is 6.83. The Bertz CT molecular complexity index is 1200. The predicted octanol–water partition coefficient (Wildman–Crippen LogP) is 3.87. The van der Waals surface area contributed by atoms with Gasteiger partial charge >= 0.3 is 6.18 Å². The molecule has 2 amide bonds. The number of nitrogens with zero attached hydrogens (tertiary/aromatic N) is 2. The zero-order valence-corrected chi connectivity index (χ0v) is 17.4. The molecule has 11 heteroatoms. The van der Waals surface area contributed by atoms with Crippen molar-refractivity contribution in [2.45, 2.75) is 12.7 Å². The molecule has 3 rings (SSSR count). The molecule has 0 radical (unpaired) electrons. The Morgan fingerprint density at radius 3 is 2.59 bits per heavy atom. The van der Waals surface area contributed by atoms with E-state index in [0.717, 1.165) is 11.0 Å². The first-order valence-electron chi connectivity index (χ1n) is 9.21. The van der Waals surface area contributed by atoms with E-state index in [1.165, 1.54) is 35.9 Å². The van der Waals surface area contributed by atoms with Crippen LogP contribution < -0.4 is 10.9 Å². The Hall–Kier alpha value is -3.53. The van der Waals surface area contributed by atoms with Gasteiger partial charge in [-0.3, -0.25) is 14.4 Å². The van der Waals surface area contributed by atoms with Gasteiger partial charge in [-0.25, -0.2) is 0 Å². The second kappa shape index (κ2) is 9.31. The number of benzene rings is 1. The van der Waals surface area contributed by atoms with Crippen LogP contribution in [-0.2, 0) is 17.5 Å². The number of rotatable bonds is 6. The summed E-state index contributed by atoms with van der Waals surface area (Å²) in [5.74, 6) is -1.01. The van der Waals surface area contributed by atoms with Crippen LogP contribution in [0.15, 0.2) is 63.9 Å². The SMILES string of the molecule is CN(CC(=O)Nc1ccc(Cl)c(C(F)(F)F)c1)C(=O)c1ccc(Cn2ccccc2=O)o1. The van der Waals surface area contributed by atoms with Crippen LogP contribution in [0.2, 0.25) is 5.02 Å².